The van der Waals surface area contributed by atoms with E-state index in [-0.39, 0.29) is 28.4 Å². The first-order valence-electron chi connectivity index (χ1n) is 6.24. The number of nitro benzene ring substituents is 1. The van der Waals surface area contributed by atoms with Gasteiger partial charge >= 0.3 is 0 Å². The van der Waals surface area contributed by atoms with Crippen LogP contribution >= 0.6 is 11.8 Å². The molecule has 21 heavy (non-hydrogen) atoms. The summed E-state index contributed by atoms with van der Waals surface area (Å²) in [5.74, 6) is 0.368. The Kier molecular flexibility index (Phi) is 6.76. The fourth-order valence-corrected chi connectivity index (χ4v) is 2.44. The number of carbonyl (C=O) groups excluding carboxylic acids is 1. The Morgan fingerprint density at radius 2 is 2.10 bits per heavy atom. The van der Waals surface area contributed by atoms with E-state index in [1.807, 2.05) is 0 Å². The van der Waals surface area contributed by atoms with Gasteiger partial charge in [0.2, 0.25) is 0 Å². The van der Waals surface area contributed by atoms with Crippen LogP contribution in [0.5, 0.6) is 0 Å². The molecule has 1 aromatic carbocycles. The second kappa shape index (κ2) is 8.08. The van der Waals surface area contributed by atoms with Gasteiger partial charge in [-0.2, -0.15) is 0 Å². The van der Waals surface area contributed by atoms with Crippen molar-refractivity contribution in [2.45, 2.75) is 32.2 Å². The van der Waals surface area contributed by atoms with Gasteiger partial charge in [-0.15, -0.1) is 0 Å². The molecule has 0 saturated heterocycles. The van der Waals surface area contributed by atoms with Gasteiger partial charge < -0.3 is 15.3 Å². The van der Waals surface area contributed by atoms with Crippen molar-refractivity contribution in [2.75, 3.05) is 5.75 Å². The summed E-state index contributed by atoms with van der Waals surface area (Å²) in [5.41, 5.74) is 0.113. The Balaban J connectivity index is 2.79. The van der Waals surface area contributed by atoms with Crippen molar-refractivity contribution >= 4 is 22.6 Å². The molecule has 7 nitrogen and oxygen atoms in total. The van der Waals surface area contributed by atoms with Crippen LogP contribution in [0.2, 0.25) is 0 Å². The van der Waals surface area contributed by atoms with Gasteiger partial charge in [-0.05, 0) is 24.1 Å². The molecule has 2 unspecified atom stereocenters. The molecule has 0 bridgehead atoms. The van der Waals surface area contributed by atoms with E-state index in [0.717, 1.165) is 11.8 Å². The normalized spacial score (nSPS) is 13.7. The maximum Gasteiger partial charge on any atom is 0.274 e. The number of nitrogens with zero attached hydrogens (tertiary/aromatic N) is 1. The molecule has 0 aliphatic carbocycles. The molecule has 3 N–H and O–H groups in total. The SMILES string of the molecule is CC(=O)SCCC(O)C(O)c1ccc([N+](=O)[O-])c(CO)c1. The van der Waals surface area contributed by atoms with E-state index >= 15 is 0 Å². The molecule has 0 radical (unpaired) electrons. The van der Waals surface area contributed by atoms with Crippen molar-refractivity contribution in [3.05, 3.63) is 39.4 Å². The van der Waals surface area contributed by atoms with Gasteiger partial charge in [-0.3, -0.25) is 14.9 Å². The average Bonchev–Trinajstić information content (AvgIpc) is 2.45. The summed E-state index contributed by atoms with van der Waals surface area (Å²) in [6.45, 7) is 0.879. The fraction of sp³-hybridized carbons (Fsp3) is 0.462. The van der Waals surface area contributed by atoms with Crippen LogP contribution in [0, 0.1) is 10.1 Å². The van der Waals surface area contributed by atoms with Gasteiger partial charge in [0, 0.05) is 18.7 Å². The minimum absolute atomic E-state index is 0.0712. The Bertz CT molecular complexity index is 521. The van der Waals surface area contributed by atoms with Crippen molar-refractivity contribution < 1.29 is 25.0 Å². The molecule has 2 atom stereocenters. The van der Waals surface area contributed by atoms with E-state index in [1.165, 1.54) is 25.1 Å². The van der Waals surface area contributed by atoms with Crippen molar-refractivity contribution in [1.82, 2.24) is 0 Å². The lowest BCUT2D eigenvalue weighted by molar-refractivity contribution is -0.385. The smallest absolute Gasteiger partial charge is 0.274 e. The van der Waals surface area contributed by atoms with E-state index in [0.29, 0.717) is 5.75 Å². The summed E-state index contributed by atoms with van der Waals surface area (Å²) >= 11 is 1.05. The first kappa shape index (κ1) is 17.6. The zero-order chi connectivity index (χ0) is 16.0. The molecule has 0 aliphatic rings. The van der Waals surface area contributed by atoms with Crippen LogP contribution in [0.25, 0.3) is 0 Å². The Morgan fingerprint density at radius 1 is 1.43 bits per heavy atom. The molecular weight excluding hydrogens is 298 g/mol. The summed E-state index contributed by atoms with van der Waals surface area (Å²) in [7, 11) is 0. The quantitative estimate of drug-likeness (QED) is 0.510. The third kappa shape index (κ3) is 5.09. The monoisotopic (exact) mass is 315 g/mol. The van der Waals surface area contributed by atoms with Crippen LogP contribution in [0.3, 0.4) is 0 Å². The average molecular weight is 315 g/mol. The Morgan fingerprint density at radius 3 is 2.62 bits per heavy atom. The molecule has 0 aliphatic heterocycles. The van der Waals surface area contributed by atoms with Crippen LogP contribution in [-0.4, -0.2) is 37.2 Å². The van der Waals surface area contributed by atoms with Crippen LogP contribution in [-0.2, 0) is 11.4 Å². The molecule has 0 saturated carbocycles. The highest BCUT2D eigenvalue weighted by Gasteiger charge is 2.21. The summed E-state index contributed by atoms with van der Waals surface area (Å²) < 4.78 is 0. The number of thioether (sulfide) groups is 1. The predicted octanol–water partition coefficient (Wildman–Crippen LogP) is 1.15. The zero-order valence-electron chi connectivity index (χ0n) is 11.4. The van der Waals surface area contributed by atoms with E-state index < -0.39 is 23.7 Å². The highest BCUT2D eigenvalue weighted by Crippen LogP contribution is 2.26. The molecule has 0 aromatic heterocycles. The summed E-state index contributed by atoms with van der Waals surface area (Å²) in [6, 6.07) is 3.81. The lowest BCUT2D eigenvalue weighted by Crippen LogP contribution is -2.19. The van der Waals surface area contributed by atoms with Gasteiger partial charge in [0.15, 0.2) is 5.12 Å². The third-order valence-corrected chi connectivity index (χ3v) is 3.74. The number of hydrogen-bond donors (Lipinski definition) is 3. The third-order valence-electron chi connectivity index (χ3n) is 2.90. The number of aliphatic hydroxyl groups excluding tert-OH is 3. The van der Waals surface area contributed by atoms with E-state index in [9.17, 15) is 25.1 Å². The van der Waals surface area contributed by atoms with Crippen LogP contribution in [0.4, 0.5) is 5.69 Å². The van der Waals surface area contributed by atoms with Crippen molar-refractivity contribution in [2.24, 2.45) is 0 Å². The Labute approximate surface area is 125 Å². The number of carbonyl (C=O) groups is 1. The summed E-state index contributed by atoms with van der Waals surface area (Å²) in [4.78, 5) is 20.9. The molecule has 0 amide bonds. The fourth-order valence-electron chi connectivity index (χ4n) is 1.80. The van der Waals surface area contributed by atoms with Gasteiger partial charge in [0.25, 0.3) is 5.69 Å². The summed E-state index contributed by atoms with van der Waals surface area (Å²) in [5, 5.41) is 39.7. The summed E-state index contributed by atoms with van der Waals surface area (Å²) in [6.07, 6.45) is -2.12. The molecule has 8 heteroatoms. The van der Waals surface area contributed by atoms with Crippen LogP contribution in [0.15, 0.2) is 18.2 Å². The molecule has 0 spiro atoms. The predicted molar refractivity (Wildman–Crippen MR) is 77.7 cm³/mol. The minimum atomic E-state index is -1.23. The Hall–Kier alpha value is -1.48. The van der Waals surface area contributed by atoms with E-state index in [2.05, 4.69) is 0 Å². The molecule has 0 fully saturated rings. The van der Waals surface area contributed by atoms with Crippen molar-refractivity contribution in [3.8, 4) is 0 Å². The van der Waals surface area contributed by atoms with E-state index in [4.69, 9.17) is 5.11 Å². The van der Waals surface area contributed by atoms with Gasteiger partial charge in [-0.25, -0.2) is 0 Å². The zero-order valence-corrected chi connectivity index (χ0v) is 12.2. The van der Waals surface area contributed by atoms with Crippen LogP contribution < -0.4 is 0 Å². The molecule has 1 aromatic rings. The second-order valence-electron chi connectivity index (χ2n) is 4.44. The molecule has 1 rings (SSSR count). The minimum Gasteiger partial charge on any atom is -0.391 e. The number of nitro groups is 1. The molecule has 0 heterocycles. The highest BCUT2D eigenvalue weighted by atomic mass is 32.2. The lowest BCUT2D eigenvalue weighted by atomic mass is 10.00. The largest absolute Gasteiger partial charge is 0.391 e. The molecule has 116 valence electrons. The van der Waals surface area contributed by atoms with Gasteiger partial charge in [0.1, 0.15) is 6.10 Å². The number of rotatable bonds is 7. The first-order chi connectivity index (χ1) is 9.86. The first-order valence-corrected chi connectivity index (χ1v) is 7.23. The van der Waals surface area contributed by atoms with E-state index in [1.54, 1.807) is 0 Å². The topological polar surface area (TPSA) is 121 Å². The van der Waals surface area contributed by atoms with Gasteiger partial charge in [-0.1, -0.05) is 11.8 Å². The second-order valence-corrected chi connectivity index (χ2v) is 5.72. The number of hydrogen-bond acceptors (Lipinski definition) is 7. The molecular formula is C13H17NO6S. The number of aliphatic hydroxyl groups is 3. The lowest BCUT2D eigenvalue weighted by Gasteiger charge is -2.18. The maximum absolute atomic E-state index is 10.8. The standard InChI is InChI=1S/C13H17NO6S/c1-8(16)21-5-4-12(17)13(18)9-2-3-11(14(19)20)10(6-9)7-15/h2-3,6,12-13,15,17-18H,4-5,7H2,1H3. The highest BCUT2D eigenvalue weighted by molar-refractivity contribution is 8.13. The van der Waals surface area contributed by atoms with Crippen LogP contribution in [0.1, 0.15) is 30.6 Å². The van der Waals surface area contributed by atoms with Gasteiger partial charge in [0.05, 0.1) is 23.2 Å². The van der Waals surface area contributed by atoms with Crippen molar-refractivity contribution in [3.63, 3.8) is 0 Å². The number of benzene rings is 1. The van der Waals surface area contributed by atoms with Crippen molar-refractivity contribution in [1.29, 1.82) is 0 Å². The maximum atomic E-state index is 10.8.